The van der Waals surface area contributed by atoms with Crippen molar-refractivity contribution in [1.82, 2.24) is 5.32 Å². The van der Waals surface area contributed by atoms with Gasteiger partial charge in [0.1, 0.15) is 0 Å². The minimum atomic E-state index is -0.450. The smallest absolute Gasteiger partial charge is 0.255 e. The molecule has 2 fully saturated rings. The van der Waals surface area contributed by atoms with Crippen LogP contribution in [0.2, 0.25) is 0 Å². The first-order valence-electron chi connectivity index (χ1n) is 7.19. The Morgan fingerprint density at radius 3 is 2.52 bits per heavy atom. The minimum Gasteiger partial charge on any atom is -0.504 e. The van der Waals surface area contributed by atoms with E-state index in [1.54, 1.807) is 0 Å². The molecule has 1 aromatic carbocycles. The van der Waals surface area contributed by atoms with Gasteiger partial charge in [-0.05, 0) is 25.0 Å². The average Bonchev–Trinajstić information content (AvgIpc) is 2.93. The Labute approximate surface area is 122 Å². The highest BCUT2D eigenvalue weighted by molar-refractivity contribution is 5.97. The molecule has 0 radical (unpaired) electrons. The van der Waals surface area contributed by atoms with Gasteiger partial charge in [0.25, 0.3) is 5.91 Å². The number of benzene rings is 1. The highest BCUT2D eigenvalue weighted by atomic mass is 16.7. The van der Waals surface area contributed by atoms with Crippen molar-refractivity contribution in [3.8, 4) is 11.5 Å². The zero-order chi connectivity index (χ0) is 14.9. The summed E-state index contributed by atoms with van der Waals surface area (Å²) in [5, 5.41) is 22.0. The van der Waals surface area contributed by atoms with Gasteiger partial charge in [0.15, 0.2) is 17.3 Å². The molecule has 21 heavy (non-hydrogen) atoms. The van der Waals surface area contributed by atoms with E-state index in [1.807, 2.05) is 0 Å². The molecule has 6 heteroatoms. The molecule has 1 saturated heterocycles. The fourth-order valence-electron chi connectivity index (χ4n) is 2.97. The van der Waals surface area contributed by atoms with Crippen LogP contribution < -0.4 is 5.32 Å². The van der Waals surface area contributed by atoms with Gasteiger partial charge in [0.2, 0.25) is 0 Å². The van der Waals surface area contributed by atoms with Crippen LogP contribution in [0.15, 0.2) is 18.2 Å². The SMILES string of the molecule is O=C(NC1CCC2(CC1)OCCO2)c1cccc(O)c1O. The first kappa shape index (κ1) is 14.2. The molecule has 0 atom stereocenters. The summed E-state index contributed by atoms with van der Waals surface area (Å²) in [6, 6.07) is 4.38. The lowest BCUT2D eigenvalue weighted by molar-refractivity contribution is -0.179. The fourth-order valence-corrected chi connectivity index (χ4v) is 2.97. The predicted molar refractivity (Wildman–Crippen MR) is 74.1 cm³/mol. The van der Waals surface area contributed by atoms with Crippen LogP contribution in [0, 0.1) is 0 Å². The van der Waals surface area contributed by atoms with E-state index in [4.69, 9.17) is 9.47 Å². The quantitative estimate of drug-likeness (QED) is 0.719. The molecule has 0 bridgehead atoms. The zero-order valence-corrected chi connectivity index (χ0v) is 11.7. The molecule has 1 aromatic rings. The normalized spacial score (nSPS) is 21.5. The molecule has 1 spiro atoms. The van der Waals surface area contributed by atoms with Crippen LogP contribution in [-0.2, 0) is 9.47 Å². The summed E-state index contributed by atoms with van der Waals surface area (Å²) in [5.41, 5.74) is 0.0867. The molecule has 3 rings (SSSR count). The van der Waals surface area contributed by atoms with Crippen molar-refractivity contribution in [3.05, 3.63) is 23.8 Å². The summed E-state index contributed by atoms with van der Waals surface area (Å²) in [5.74, 6) is -1.51. The maximum absolute atomic E-state index is 12.2. The molecule has 2 aliphatic rings. The molecule has 1 heterocycles. The average molecular weight is 293 g/mol. The number of ether oxygens (including phenoxy) is 2. The standard InChI is InChI=1S/C15H19NO5/c17-12-3-1-2-11(13(12)18)14(19)16-10-4-6-15(7-5-10)20-8-9-21-15/h1-3,10,17-18H,4-9H2,(H,16,19). The van der Waals surface area contributed by atoms with Crippen molar-refractivity contribution in [2.45, 2.75) is 37.5 Å². The van der Waals surface area contributed by atoms with Crippen LogP contribution in [-0.4, -0.2) is 41.2 Å². The van der Waals surface area contributed by atoms with Gasteiger partial charge < -0.3 is 25.0 Å². The number of nitrogens with one attached hydrogen (secondary N) is 1. The van der Waals surface area contributed by atoms with Crippen LogP contribution in [0.3, 0.4) is 0 Å². The first-order valence-corrected chi connectivity index (χ1v) is 7.19. The monoisotopic (exact) mass is 293 g/mol. The Hall–Kier alpha value is -1.79. The van der Waals surface area contributed by atoms with Gasteiger partial charge in [-0.1, -0.05) is 6.07 Å². The third kappa shape index (κ3) is 2.82. The van der Waals surface area contributed by atoms with Crippen molar-refractivity contribution in [3.63, 3.8) is 0 Å². The molecule has 1 aliphatic heterocycles. The second kappa shape index (κ2) is 5.54. The van der Waals surface area contributed by atoms with Gasteiger partial charge in [-0.3, -0.25) is 4.79 Å². The summed E-state index contributed by atoms with van der Waals surface area (Å²) in [7, 11) is 0. The molecule has 1 saturated carbocycles. The Bertz CT molecular complexity index is 529. The lowest BCUT2D eigenvalue weighted by Gasteiger charge is -2.35. The maximum atomic E-state index is 12.2. The summed E-state index contributed by atoms with van der Waals surface area (Å²) in [6.07, 6.45) is 3.05. The van der Waals surface area contributed by atoms with E-state index in [2.05, 4.69) is 5.32 Å². The van der Waals surface area contributed by atoms with E-state index >= 15 is 0 Å². The van der Waals surface area contributed by atoms with Gasteiger partial charge in [0, 0.05) is 18.9 Å². The Kier molecular flexibility index (Phi) is 3.73. The number of amides is 1. The number of phenols is 2. The van der Waals surface area contributed by atoms with Crippen LogP contribution in [0.4, 0.5) is 0 Å². The predicted octanol–water partition coefficient (Wildman–Crippen LogP) is 1.51. The Balaban J connectivity index is 1.60. The number of carbonyl (C=O) groups excluding carboxylic acids is 1. The van der Waals surface area contributed by atoms with Crippen LogP contribution in [0.1, 0.15) is 36.0 Å². The molecular weight excluding hydrogens is 274 g/mol. The third-order valence-corrected chi connectivity index (χ3v) is 4.16. The highest BCUT2D eigenvalue weighted by Crippen LogP contribution is 2.36. The molecule has 1 amide bonds. The molecule has 3 N–H and O–H groups in total. The molecule has 0 unspecified atom stereocenters. The first-order chi connectivity index (χ1) is 10.1. The number of phenolic OH excluding ortho intramolecular Hbond substituents is 2. The number of carbonyl (C=O) groups is 1. The van der Waals surface area contributed by atoms with Crippen LogP contribution in [0.25, 0.3) is 0 Å². The van der Waals surface area contributed by atoms with E-state index in [-0.39, 0.29) is 29.0 Å². The summed E-state index contributed by atoms with van der Waals surface area (Å²) in [6.45, 7) is 1.27. The molecule has 6 nitrogen and oxygen atoms in total. The van der Waals surface area contributed by atoms with Gasteiger partial charge in [0.05, 0.1) is 18.8 Å². The van der Waals surface area contributed by atoms with Gasteiger partial charge >= 0.3 is 0 Å². The number of aromatic hydroxyl groups is 2. The van der Waals surface area contributed by atoms with E-state index in [0.717, 1.165) is 25.7 Å². The van der Waals surface area contributed by atoms with E-state index in [0.29, 0.717) is 13.2 Å². The Morgan fingerprint density at radius 1 is 1.19 bits per heavy atom. The second-order valence-corrected chi connectivity index (χ2v) is 5.53. The third-order valence-electron chi connectivity index (χ3n) is 4.16. The Morgan fingerprint density at radius 2 is 1.86 bits per heavy atom. The van der Waals surface area contributed by atoms with Crippen molar-refractivity contribution >= 4 is 5.91 Å². The largest absolute Gasteiger partial charge is 0.504 e. The van der Waals surface area contributed by atoms with E-state index < -0.39 is 5.79 Å². The fraction of sp³-hybridized carbons (Fsp3) is 0.533. The van der Waals surface area contributed by atoms with Crippen LogP contribution >= 0.6 is 0 Å². The molecular formula is C15H19NO5. The number of hydrogen-bond acceptors (Lipinski definition) is 5. The van der Waals surface area contributed by atoms with Crippen molar-refractivity contribution in [1.29, 1.82) is 0 Å². The molecule has 114 valence electrons. The lowest BCUT2D eigenvalue weighted by Crippen LogP contribution is -2.44. The van der Waals surface area contributed by atoms with Gasteiger partial charge in [-0.2, -0.15) is 0 Å². The number of hydrogen-bond donors (Lipinski definition) is 3. The number of rotatable bonds is 2. The summed E-state index contributed by atoms with van der Waals surface area (Å²) < 4.78 is 11.3. The second-order valence-electron chi connectivity index (χ2n) is 5.53. The summed E-state index contributed by atoms with van der Waals surface area (Å²) >= 11 is 0. The van der Waals surface area contributed by atoms with E-state index in [9.17, 15) is 15.0 Å². The summed E-state index contributed by atoms with van der Waals surface area (Å²) in [4.78, 5) is 12.2. The molecule has 0 aromatic heterocycles. The highest BCUT2D eigenvalue weighted by Gasteiger charge is 2.40. The topological polar surface area (TPSA) is 88.0 Å². The lowest BCUT2D eigenvalue weighted by atomic mass is 9.90. The van der Waals surface area contributed by atoms with Crippen molar-refractivity contribution < 1.29 is 24.5 Å². The van der Waals surface area contributed by atoms with Crippen molar-refractivity contribution in [2.75, 3.05) is 13.2 Å². The maximum Gasteiger partial charge on any atom is 0.255 e. The number of para-hydroxylation sites is 1. The van der Waals surface area contributed by atoms with Crippen LogP contribution in [0.5, 0.6) is 11.5 Å². The molecule has 1 aliphatic carbocycles. The van der Waals surface area contributed by atoms with Gasteiger partial charge in [-0.15, -0.1) is 0 Å². The van der Waals surface area contributed by atoms with Crippen molar-refractivity contribution in [2.24, 2.45) is 0 Å². The van der Waals surface area contributed by atoms with E-state index in [1.165, 1.54) is 18.2 Å². The van der Waals surface area contributed by atoms with Gasteiger partial charge in [-0.25, -0.2) is 0 Å². The minimum absolute atomic E-state index is 0.0256. The zero-order valence-electron chi connectivity index (χ0n) is 11.7.